The van der Waals surface area contributed by atoms with Crippen molar-refractivity contribution in [1.82, 2.24) is 20.0 Å². The van der Waals surface area contributed by atoms with E-state index in [1.807, 2.05) is 6.92 Å². The van der Waals surface area contributed by atoms with Crippen molar-refractivity contribution in [2.45, 2.75) is 6.92 Å². The molecule has 0 saturated heterocycles. The number of rotatable bonds is 1. The summed E-state index contributed by atoms with van der Waals surface area (Å²) in [6.45, 7) is 1.83. The van der Waals surface area contributed by atoms with E-state index < -0.39 is 5.95 Å². The van der Waals surface area contributed by atoms with E-state index >= 15 is 0 Å². The van der Waals surface area contributed by atoms with Crippen LogP contribution in [0.1, 0.15) is 5.69 Å². The van der Waals surface area contributed by atoms with Crippen molar-refractivity contribution < 1.29 is 4.39 Å². The lowest BCUT2D eigenvalue weighted by Gasteiger charge is -1.97. The van der Waals surface area contributed by atoms with Crippen LogP contribution in [0.4, 0.5) is 4.39 Å². The lowest BCUT2D eigenvalue weighted by atomic mass is 10.4. The van der Waals surface area contributed by atoms with Crippen molar-refractivity contribution in [3.8, 4) is 5.82 Å². The van der Waals surface area contributed by atoms with Gasteiger partial charge in [0.15, 0.2) is 5.82 Å². The normalized spacial score (nSPS) is 10.3. The van der Waals surface area contributed by atoms with Crippen LogP contribution in [-0.2, 0) is 0 Å². The van der Waals surface area contributed by atoms with E-state index in [1.165, 1.54) is 16.9 Å². The van der Waals surface area contributed by atoms with Crippen LogP contribution in [0, 0.1) is 12.9 Å². The standard InChI is InChI=1S/C8H7FN4/c1-6-2-3-8(11-10-6)13-5-4-7(9)12-13/h2-5H,1H3. The lowest BCUT2D eigenvalue weighted by molar-refractivity contribution is 0.563. The summed E-state index contributed by atoms with van der Waals surface area (Å²) in [5.41, 5.74) is 0.816. The smallest absolute Gasteiger partial charge is 0.218 e. The van der Waals surface area contributed by atoms with Crippen LogP contribution in [0.3, 0.4) is 0 Å². The first-order chi connectivity index (χ1) is 6.25. The topological polar surface area (TPSA) is 43.6 Å². The van der Waals surface area contributed by atoms with Crippen LogP contribution >= 0.6 is 0 Å². The van der Waals surface area contributed by atoms with Crippen LogP contribution < -0.4 is 0 Å². The summed E-state index contributed by atoms with van der Waals surface area (Å²) in [5.74, 6) is -0.0168. The highest BCUT2D eigenvalue weighted by Crippen LogP contribution is 2.02. The molecule has 0 fully saturated rings. The Morgan fingerprint density at radius 2 is 2.08 bits per heavy atom. The van der Waals surface area contributed by atoms with Crippen molar-refractivity contribution in [2.75, 3.05) is 0 Å². The molecule has 0 spiro atoms. The number of aromatic nitrogens is 4. The molecule has 0 aliphatic carbocycles. The van der Waals surface area contributed by atoms with E-state index in [1.54, 1.807) is 12.1 Å². The average molecular weight is 178 g/mol. The van der Waals surface area contributed by atoms with Crippen molar-refractivity contribution in [1.29, 1.82) is 0 Å². The van der Waals surface area contributed by atoms with Crippen molar-refractivity contribution in [3.63, 3.8) is 0 Å². The summed E-state index contributed by atoms with van der Waals surface area (Å²) in [4.78, 5) is 0. The molecule has 0 radical (unpaired) electrons. The van der Waals surface area contributed by atoms with Gasteiger partial charge >= 0.3 is 0 Å². The maximum Gasteiger partial charge on any atom is 0.233 e. The Morgan fingerprint density at radius 1 is 1.23 bits per heavy atom. The van der Waals surface area contributed by atoms with E-state index in [0.29, 0.717) is 5.82 Å². The van der Waals surface area contributed by atoms with Gasteiger partial charge in [-0.2, -0.15) is 9.49 Å². The minimum Gasteiger partial charge on any atom is -0.218 e. The second-order valence-corrected chi connectivity index (χ2v) is 2.62. The Bertz CT molecular complexity index is 406. The molecule has 2 aromatic heterocycles. The zero-order valence-electron chi connectivity index (χ0n) is 6.98. The van der Waals surface area contributed by atoms with E-state index in [-0.39, 0.29) is 0 Å². The maximum absolute atomic E-state index is 12.5. The minimum absolute atomic E-state index is 0.509. The molecule has 2 aromatic rings. The van der Waals surface area contributed by atoms with Gasteiger partial charge in [0.25, 0.3) is 0 Å². The molecule has 0 atom stereocenters. The van der Waals surface area contributed by atoms with Crippen molar-refractivity contribution in [3.05, 3.63) is 36.0 Å². The molecule has 0 bridgehead atoms. The molecule has 13 heavy (non-hydrogen) atoms. The minimum atomic E-state index is -0.526. The first-order valence-electron chi connectivity index (χ1n) is 3.77. The van der Waals surface area contributed by atoms with Crippen LogP contribution in [0.25, 0.3) is 5.82 Å². The van der Waals surface area contributed by atoms with Crippen LogP contribution in [0.15, 0.2) is 24.4 Å². The van der Waals surface area contributed by atoms with E-state index in [2.05, 4.69) is 15.3 Å². The molecule has 2 heterocycles. The second-order valence-electron chi connectivity index (χ2n) is 2.62. The predicted molar refractivity (Wildman–Crippen MR) is 43.8 cm³/mol. The van der Waals surface area contributed by atoms with Crippen molar-refractivity contribution >= 4 is 0 Å². The van der Waals surface area contributed by atoms with Gasteiger partial charge in [-0.05, 0) is 19.1 Å². The van der Waals surface area contributed by atoms with Gasteiger partial charge in [0.05, 0.1) is 5.69 Å². The summed E-state index contributed by atoms with van der Waals surface area (Å²) in [6.07, 6.45) is 1.49. The van der Waals surface area contributed by atoms with Crippen LogP contribution in [0.2, 0.25) is 0 Å². The molecule has 0 saturated carbocycles. The molecule has 0 N–H and O–H groups in total. The summed E-state index contributed by atoms with van der Waals surface area (Å²) in [6, 6.07) is 4.79. The zero-order chi connectivity index (χ0) is 9.26. The Hall–Kier alpha value is -1.78. The van der Waals surface area contributed by atoms with E-state index in [9.17, 15) is 4.39 Å². The Morgan fingerprint density at radius 3 is 2.62 bits per heavy atom. The van der Waals surface area contributed by atoms with E-state index in [0.717, 1.165) is 5.69 Å². The number of hydrogen-bond donors (Lipinski definition) is 0. The van der Waals surface area contributed by atoms with Gasteiger partial charge in [-0.15, -0.1) is 10.2 Å². The largest absolute Gasteiger partial charge is 0.233 e. The molecule has 66 valence electrons. The fourth-order valence-electron chi connectivity index (χ4n) is 0.943. The molecule has 0 amide bonds. The van der Waals surface area contributed by atoms with Gasteiger partial charge in [0.1, 0.15) is 0 Å². The number of halogens is 1. The highest BCUT2D eigenvalue weighted by Gasteiger charge is 2.00. The second kappa shape index (κ2) is 2.93. The number of hydrogen-bond acceptors (Lipinski definition) is 3. The fourth-order valence-corrected chi connectivity index (χ4v) is 0.943. The summed E-state index contributed by atoms with van der Waals surface area (Å²) >= 11 is 0. The first kappa shape index (κ1) is 7.85. The van der Waals surface area contributed by atoms with Crippen LogP contribution in [0.5, 0.6) is 0 Å². The summed E-state index contributed by atoms with van der Waals surface area (Å²) < 4.78 is 13.8. The van der Waals surface area contributed by atoms with Gasteiger partial charge in [0, 0.05) is 12.3 Å². The van der Waals surface area contributed by atoms with Crippen LogP contribution in [-0.4, -0.2) is 20.0 Å². The van der Waals surface area contributed by atoms with Gasteiger partial charge in [-0.25, -0.2) is 4.68 Å². The van der Waals surface area contributed by atoms with Crippen molar-refractivity contribution in [2.24, 2.45) is 0 Å². The Kier molecular flexibility index (Phi) is 1.77. The molecule has 2 rings (SSSR count). The highest BCUT2D eigenvalue weighted by atomic mass is 19.1. The molecule has 0 aliphatic rings. The first-order valence-corrected chi connectivity index (χ1v) is 3.77. The quantitative estimate of drug-likeness (QED) is 0.657. The fraction of sp³-hybridized carbons (Fsp3) is 0.125. The van der Waals surface area contributed by atoms with Gasteiger partial charge < -0.3 is 0 Å². The molecule has 5 heteroatoms. The van der Waals surface area contributed by atoms with E-state index in [4.69, 9.17) is 0 Å². The number of aryl methyl sites for hydroxylation is 1. The molecule has 0 aliphatic heterocycles. The lowest BCUT2D eigenvalue weighted by Crippen LogP contribution is -2.00. The molecule has 0 unspecified atom stereocenters. The Balaban J connectivity index is 2.41. The third-order valence-electron chi connectivity index (χ3n) is 1.58. The molecular weight excluding hydrogens is 171 g/mol. The average Bonchev–Trinajstić information content (AvgIpc) is 2.53. The molecular formula is C8H7FN4. The zero-order valence-corrected chi connectivity index (χ0v) is 6.98. The third-order valence-corrected chi connectivity index (χ3v) is 1.58. The van der Waals surface area contributed by atoms with Gasteiger partial charge in [0.2, 0.25) is 5.95 Å². The molecule has 4 nitrogen and oxygen atoms in total. The third kappa shape index (κ3) is 1.53. The van der Waals surface area contributed by atoms with Gasteiger partial charge in [-0.1, -0.05) is 0 Å². The highest BCUT2D eigenvalue weighted by molar-refractivity contribution is 5.19. The SMILES string of the molecule is Cc1ccc(-n2ccc(F)n2)nn1. The number of nitrogens with zero attached hydrogens (tertiary/aromatic N) is 4. The maximum atomic E-state index is 12.5. The van der Waals surface area contributed by atoms with Gasteiger partial charge in [-0.3, -0.25) is 0 Å². The monoisotopic (exact) mass is 178 g/mol. The molecule has 0 aromatic carbocycles. The summed E-state index contributed by atoms with van der Waals surface area (Å²) in [7, 11) is 0. The Labute approximate surface area is 74.0 Å². The summed E-state index contributed by atoms with van der Waals surface area (Å²) in [5, 5.41) is 11.2. The predicted octanol–water partition coefficient (Wildman–Crippen LogP) is 1.11.